The fourth-order valence-corrected chi connectivity index (χ4v) is 4.39. The Kier molecular flexibility index (Phi) is 6.43. The molecule has 0 saturated carbocycles. The first-order valence-electron chi connectivity index (χ1n) is 9.81. The molecule has 2 aromatic carbocycles. The number of rotatable bonds is 6. The molecule has 3 aromatic rings. The van der Waals surface area contributed by atoms with Crippen LogP contribution in [-0.4, -0.2) is 39.0 Å². The minimum Gasteiger partial charge on any atom is -0.341 e. The zero-order valence-corrected chi connectivity index (χ0v) is 18.3. The van der Waals surface area contributed by atoms with Crippen LogP contribution in [0.1, 0.15) is 19.8 Å². The molecule has 162 valence electrons. The second-order valence-electron chi connectivity index (χ2n) is 7.17. The van der Waals surface area contributed by atoms with Gasteiger partial charge in [-0.2, -0.15) is 0 Å². The molecular formula is C21H20ClF2N5OS. The molecule has 1 aliphatic heterocycles. The monoisotopic (exact) mass is 463 g/mol. The maximum atomic E-state index is 13.9. The summed E-state index contributed by atoms with van der Waals surface area (Å²) in [5.41, 5.74) is 0.581. The first-order chi connectivity index (χ1) is 14.9. The summed E-state index contributed by atoms with van der Waals surface area (Å²) in [6.45, 7) is 3.42. The van der Waals surface area contributed by atoms with E-state index in [2.05, 4.69) is 20.4 Å². The van der Waals surface area contributed by atoms with Crippen molar-refractivity contribution < 1.29 is 13.6 Å². The predicted octanol–water partition coefficient (Wildman–Crippen LogP) is 4.92. The van der Waals surface area contributed by atoms with Crippen molar-refractivity contribution in [3.63, 3.8) is 0 Å². The van der Waals surface area contributed by atoms with Crippen molar-refractivity contribution in [3.8, 4) is 5.69 Å². The standard InChI is InChI=1S/C21H20ClF2N5OS/c1-13(19(30)25-18-12-15(23)7-8-17(18)24)31-21-27-26-20(28-9-2-3-10-28)29(21)16-6-4-5-14(22)11-16/h4-8,11-13H,2-3,9-10H2,1H3,(H,25,30). The molecule has 1 amide bonds. The lowest BCUT2D eigenvalue weighted by molar-refractivity contribution is -0.115. The maximum Gasteiger partial charge on any atom is 0.237 e. The topological polar surface area (TPSA) is 63.1 Å². The Bertz CT molecular complexity index is 1100. The van der Waals surface area contributed by atoms with Gasteiger partial charge in [0.15, 0.2) is 5.16 Å². The smallest absolute Gasteiger partial charge is 0.237 e. The van der Waals surface area contributed by atoms with Gasteiger partial charge in [-0.25, -0.2) is 8.78 Å². The second kappa shape index (κ2) is 9.23. The van der Waals surface area contributed by atoms with Gasteiger partial charge in [0.2, 0.25) is 11.9 Å². The number of anilines is 2. The average molecular weight is 464 g/mol. The van der Waals surface area contributed by atoms with E-state index in [1.54, 1.807) is 19.1 Å². The molecule has 1 N–H and O–H groups in total. The number of nitrogens with zero attached hydrogens (tertiary/aromatic N) is 4. The summed E-state index contributed by atoms with van der Waals surface area (Å²) in [6, 6.07) is 10.2. The Morgan fingerprint density at radius 3 is 2.68 bits per heavy atom. The van der Waals surface area contributed by atoms with E-state index in [-0.39, 0.29) is 5.69 Å². The molecule has 1 saturated heterocycles. The number of benzene rings is 2. The highest BCUT2D eigenvalue weighted by molar-refractivity contribution is 8.00. The third-order valence-electron chi connectivity index (χ3n) is 4.91. The summed E-state index contributed by atoms with van der Waals surface area (Å²) in [7, 11) is 0. The van der Waals surface area contributed by atoms with Gasteiger partial charge in [-0.1, -0.05) is 29.4 Å². The number of nitrogens with one attached hydrogen (secondary N) is 1. The van der Waals surface area contributed by atoms with E-state index in [0.29, 0.717) is 16.1 Å². The van der Waals surface area contributed by atoms with Crippen molar-refractivity contribution in [2.24, 2.45) is 0 Å². The molecule has 0 radical (unpaired) electrons. The van der Waals surface area contributed by atoms with E-state index >= 15 is 0 Å². The Morgan fingerprint density at radius 1 is 1.16 bits per heavy atom. The van der Waals surface area contributed by atoms with Gasteiger partial charge in [0.25, 0.3) is 0 Å². The summed E-state index contributed by atoms with van der Waals surface area (Å²) in [5.74, 6) is -1.12. The molecule has 0 spiro atoms. The van der Waals surface area contributed by atoms with E-state index in [1.807, 2.05) is 16.7 Å². The highest BCUT2D eigenvalue weighted by Crippen LogP contribution is 2.32. The number of carbonyl (C=O) groups is 1. The van der Waals surface area contributed by atoms with Crippen LogP contribution in [0.15, 0.2) is 47.6 Å². The van der Waals surface area contributed by atoms with Crippen LogP contribution in [0, 0.1) is 11.6 Å². The Labute approximate surface area is 187 Å². The van der Waals surface area contributed by atoms with Crippen LogP contribution in [0.5, 0.6) is 0 Å². The van der Waals surface area contributed by atoms with Crippen LogP contribution in [0.25, 0.3) is 5.69 Å². The van der Waals surface area contributed by atoms with Crippen LogP contribution < -0.4 is 10.2 Å². The van der Waals surface area contributed by atoms with Crippen molar-refractivity contribution in [1.29, 1.82) is 0 Å². The van der Waals surface area contributed by atoms with Gasteiger partial charge in [0.05, 0.1) is 16.6 Å². The van der Waals surface area contributed by atoms with Crippen molar-refractivity contribution in [2.75, 3.05) is 23.3 Å². The van der Waals surface area contributed by atoms with Gasteiger partial charge in [0, 0.05) is 24.2 Å². The number of amides is 1. The number of hydrogen-bond donors (Lipinski definition) is 1. The van der Waals surface area contributed by atoms with E-state index in [4.69, 9.17) is 11.6 Å². The van der Waals surface area contributed by atoms with Gasteiger partial charge in [-0.15, -0.1) is 10.2 Å². The number of hydrogen-bond acceptors (Lipinski definition) is 5. The third-order valence-corrected chi connectivity index (χ3v) is 6.19. The maximum absolute atomic E-state index is 13.9. The lowest BCUT2D eigenvalue weighted by Crippen LogP contribution is -2.24. The van der Waals surface area contributed by atoms with E-state index in [9.17, 15) is 13.6 Å². The second-order valence-corrected chi connectivity index (χ2v) is 8.91. The molecule has 1 aliphatic rings. The molecule has 0 aliphatic carbocycles. The summed E-state index contributed by atoms with van der Waals surface area (Å²) in [5, 5.41) is 11.5. The van der Waals surface area contributed by atoms with Gasteiger partial charge < -0.3 is 10.2 Å². The molecule has 2 heterocycles. The van der Waals surface area contributed by atoms with Crippen molar-refractivity contribution in [1.82, 2.24) is 14.8 Å². The highest BCUT2D eigenvalue weighted by Gasteiger charge is 2.25. The molecule has 1 unspecified atom stereocenters. The fraction of sp³-hybridized carbons (Fsp3) is 0.286. The third kappa shape index (κ3) is 4.83. The van der Waals surface area contributed by atoms with E-state index in [1.165, 1.54) is 11.8 Å². The van der Waals surface area contributed by atoms with Gasteiger partial charge in [-0.3, -0.25) is 9.36 Å². The molecule has 31 heavy (non-hydrogen) atoms. The Balaban J connectivity index is 1.60. The van der Waals surface area contributed by atoms with Crippen LogP contribution in [0.2, 0.25) is 5.02 Å². The van der Waals surface area contributed by atoms with Crippen LogP contribution in [-0.2, 0) is 4.79 Å². The predicted molar refractivity (Wildman–Crippen MR) is 118 cm³/mol. The molecule has 0 bridgehead atoms. The van der Waals surface area contributed by atoms with E-state index < -0.39 is 22.8 Å². The number of carbonyl (C=O) groups excluding carboxylic acids is 1. The molecule has 1 fully saturated rings. The SMILES string of the molecule is CC(Sc1nnc(N2CCCC2)n1-c1cccc(Cl)c1)C(=O)Nc1cc(F)ccc1F. The summed E-state index contributed by atoms with van der Waals surface area (Å²) < 4.78 is 29.2. The van der Waals surface area contributed by atoms with Crippen LogP contribution in [0.4, 0.5) is 20.4 Å². The van der Waals surface area contributed by atoms with Crippen molar-refractivity contribution in [2.45, 2.75) is 30.2 Å². The molecule has 6 nitrogen and oxygen atoms in total. The van der Waals surface area contributed by atoms with Crippen molar-refractivity contribution >= 4 is 40.9 Å². The molecular weight excluding hydrogens is 444 g/mol. The zero-order chi connectivity index (χ0) is 22.0. The first-order valence-corrected chi connectivity index (χ1v) is 11.1. The zero-order valence-electron chi connectivity index (χ0n) is 16.7. The highest BCUT2D eigenvalue weighted by atomic mass is 35.5. The lowest BCUT2D eigenvalue weighted by atomic mass is 10.3. The summed E-state index contributed by atoms with van der Waals surface area (Å²) >= 11 is 7.37. The quantitative estimate of drug-likeness (QED) is 0.526. The minimum absolute atomic E-state index is 0.202. The summed E-state index contributed by atoms with van der Waals surface area (Å²) in [4.78, 5) is 14.8. The average Bonchev–Trinajstić information content (AvgIpc) is 3.40. The lowest BCUT2D eigenvalue weighted by Gasteiger charge is -2.19. The largest absolute Gasteiger partial charge is 0.341 e. The van der Waals surface area contributed by atoms with Gasteiger partial charge in [-0.05, 0) is 50.1 Å². The van der Waals surface area contributed by atoms with Gasteiger partial charge in [0.1, 0.15) is 11.6 Å². The Morgan fingerprint density at radius 2 is 1.94 bits per heavy atom. The Hall–Kier alpha value is -2.65. The van der Waals surface area contributed by atoms with Gasteiger partial charge >= 0.3 is 0 Å². The van der Waals surface area contributed by atoms with Crippen LogP contribution >= 0.6 is 23.4 Å². The molecule has 1 aromatic heterocycles. The van der Waals surface area contributed by atoms with Crippen molar-refractivity contribution in [3.05, 3.63) is 59.1 Å². The number of aromatic nitrogens is 3. The number of thioether (sulfide) groups is 1. The number of halogens is 3. The molecule has 1 atom stereocenters. The fourth-order valence-electron chi connectivity index (χ4n) is 3.34. The normalized spacial score (nSPS) is 14.6. The first kappa shape index (κ1) is 21.6. The molecule has 4 rings (SSSR count). The summed E-state index contributed by atoms with van der Waals surface area (Å²) in [6.07, 6.45) is 2.14. The van der Waals surface area contributed by atoms with Crippen LogP contribution in [0.3, 0.4) is 0 Å². The minimum atomic E-state index is -0.703. The van der Waals surface area contributed by atoms with E-state index in [0.717, 1.165) is 49.8 Å². The molecule has 10 heteroatoms.